The molecule has 0 radical (unpaired) electrons. The molecule has 1 atom stereocenters. The van der Waals surface area contributed by atoms with Crippen molar-refractivity contribution in [2.24, 2.45) is 5.92 Å². The van der Waals surface area contributed by atoms with Crippen LogP contribution in [-0.2, 0) is 27.3 Å². The Hall–Kier alpha value is -2.69. The van der Waals surface area contributed by atoms with Crippen molar-refractivity contribution in [3.63, 3.8) is 0 Å². The number of pyridine rings is 1. The van der Waals surface area contributed by atoms with E-state index >= 15 is 0 Å². The van der Waals surface area contributed by atoms with Gasteiger partial charge >= 0.3 is 5.97 Å². The molecular weight excluding hydrogens is 304 g/mol. The third kappa shape index (κ3) is 5.19. The standard InChI is InChI=1S/C19H22N2O3/c1-15(19(23)24-2)13-21(14-17-8-10-20-11-9-17)18(22)12-16-6-4-3-5-7-16/h3-11,15H,12-14H2,1-2H3. The molecule has 0 fully saturated rings. The van der Waals surface area contributed by atoms with Crippen LogP contribution in [0.15, 0.2) is 54.9 Å². The Balaban J connectivity index is 2.11. The lowest BCUT2D eigenvalue weighted by atomic mass is 10.1. The molecule has 1 heterocycles. The van der Waals surface area contributed by atoms with Gasteiger partial charge < -0.3 is 9.64 Å². The second kappa shape index (κ2) is 8.82. The van der Waals surface area contributed by atoms with Gasteiger partial charge in [-0.05, 0) is 23.3 Å². The summed E-state index contributed by atoms with van der Waals surface area (Å²) >= 11 is 0. The molecule has 5 heteroatoms. The maximum Gasteiger partial charge on any atom is 0.310 e. The summed E-state index contributed by atoms with van der Waals surface area (Å²) in [5.41, 5.74) is 1.93. The van der Waals surface area contributed by atoms with E-state index in [2.05, 4.69) is 4.98 Å². The Labute approximate surface area is 142 Å². The summed E-state index contributed by atoms with van der Waals surface area (Å²) in [5, 5.41) is 0. The Morgan fingerprint density at radius 1 is 1.08 bits per heavy atom. The van der Waals surface area contributed by atoms with Crippen molar-refractivity contribution in [1.82, 2.24) is 9.88 Å². The van der Waals surface area contributed by atoms with Crippen LogP contribution in [0.1, 0.15) is 18.1 Å². The number of ether oxygens (including phenoxy) is 1. The SMILES string of the molecule is COC(=O)C(C)CN(Cc1ccncc1)C(=O)Cc1ccccc1. The van der Waals surface area contributed by atoms with Crippen molar-refractivity contribution in [3.05, 3.63) is 66.0 Å². The summed E-state index contributed by atoms with van der Waals surface area (Å²) in [6, 6.07) is 13.3. The summed E-state index contributed by atoms with van der Waals surface area (Å²) in [6.45, 7) is 2.53. The van der Waals surface area contributed by atoms with Gasteiger partial charge in [-0.1, -0.05) is 37.3 Å². The molecule has 2 rings (SSSR count). The van der Waals surface area contributed by atoms with Crippen molar-refractivity contribution in [3.8, 4) is 0 Å². The van der Waals surface area contributed by atoms with E-state index in [1.807, 2.05) is 42.5 Å². The van der Waals surface area contributed by atoms with E-state index in [0.29, 0.717) is 19.5 Å². The zero-order chi connectivity index (χ0) is 17.4. The molecule has 0 aliphatic rings. The molecule has 0 aliphatic carbocycles. The number of aromatic nitrogens is 1. The Bertz CT molecular complexity index is 659. The summed E-state index contributed by atoms with van der Waals surface area (Å²) in [6.07, 6.45) is 3.69. The Kier molecular flexibility index (Phi) is 6.49. The highest BCUT2D eigenvalue weighted by Gasteiger charge is 2.22. The molecule has 24 heavy (non-hydrogen) atoms. The first-order chi connectivity index (χ1) is 11.6. The number of esters is 1. The van der Waals surface area contributed by atoms with Crippen LogP contribution in [0.4, 0.5) is 0 Å². The molecule has 0 bridgehead atoms. The van der Waals surface area contributed by atoms with Crippen LogP contribution in [0.25, 0.3) is 0 Å². The average Bonchev–Trinajstić information content (AvgIpc) is 2.62. The molecule has 0 aliphatic heterocycles. The highest BCUT2D eigenvalue weighted by Crippen LogP contribution is 2.11. The summed E-state index contributed by atoms with van der Waals surface area (Å²) in [4.78, 5) is 30.1. The zero-order valence-electron chi connectivity index (χ0n) is 14.0. The monoisotopic (exact) mass is 326 g/mol. The third-order valence-electron chi connectivity index (χ3n) is 3.77. The minimum Gasteiger partial charge on any atom is -0.469 e. The van der Waals surface area contributed by atoms with Crippen LogP contribution in [0.3, 0.4) is 0 Å². The highest BCUT2D eigenvalue weighted by molar-refractivity contribution is 5.80. The van der Waals surface area contributed by atoms with Gasteiger partial charge in [0.05, 0.1) is 19.4 Å². The number of carbonyl (C=O) groups excluding carboxylic acids is 2. The van der Waals surface area contributed by atoms with Crippen LogP contribution < -0.4 is 0 Å². The van der Waals surface area contributed by atoms with E-state index < -0.39 is 0 Å². The van der Waals surface area contributed by atoms with E-state index in [-0.39, 0.29) is 17.8 Å². The van der Waals surface area contributed by atoms with E-state index in [4.69, 9.17) is 4.74 Å². The van der Waals surface area contributed by atoms with Crippen molar-refractivity contribution >= 4 is 11.9 Å². The van der Waals surface area contributed by atoms with Gasteiger partial charge in [-0.25, -0.2) is 0 Å². The van der Waals surface area contributed by atoms with Crippen LogP contribution in [0.2, 0.25) is 0 Å². The lowest BCUT2D eigenvalue weighted by Crippen LogP contribution is -2.37. The molecule has 0 N–H and O–H groups in total. The number of benzene rings is 1. The fourth-order valence-corrected chi connectivity index (χ4v) is 2.45. The second-order valence-electron chi connectivity index (χ2n) is 5.72. The van der Waals surface area contributed by atoms with Gasteiger partial charge in [0.25, 0.3) is 0 Å². The maximum absolute atomic E-state index is 12.7. The number of hydrogen-bond acceptors (Lipinski definition) is 4. The molecule has 0 saturated carbocycles. The topological polar surface area (TPSA) is 59.5 Å². The summed E-state index contributed by atoms with van der Waals surface area (Å²) < 4.78 is 4.77. The van der Waals surface area contributed by atoms with Gasteiger partial charge in [0.15, 0.2) is 0 Å². The van der Waals surface area contributed by atoms with Crippen molar-refractivity contribution in [2.45, 2.75) is 19.9 Å². The summed E-state index contributed by atoms with van der Waals surface area (Å²) in [7, 11) is 1.36. The molecular formula is C19H22N2O3. The molecule has 0 spiro atoms. The normalized spacial score (nSPS) is 11.6. The molecule has 2 aromatic rings. The number of rotatable bonds is 7. The van der Waals surface area contributed by atoms with Gasteiger partial charge in [0, 0.05) is 25.5 Å². The van der Waals surface area contributed by atoms with Gasteiger partial charge in [-0.3, -0.25) is 14.6 Å². The van der Waals surface area contributed by atoms with Crippen LogP contribution in [0.5, 0.6) is 0 Å². The molecule has 1 aromatic heterocycles. The van der Waals surface area contributed by atoms with Crippen LogP contribution in [-0.4, -0.2) is 35.4 Å². The van der Waals surface area contributed by atoms with E-state index in [0.717, 1.165) is 11.1 Å². The van der Waals surface area contributed by atoms with Crippen molar-refractivity contribution in [2.75, 3.05) is 13.7 Å². The number of nitrogens with zero attached hydrogens (tertiary/aromatic N) is 2. The Morgan fingerprint density at radius 2 is 1.75 bits per heavy atom. The fraction of sp³-hybridized carbons (Fsp3) is 0.316. The molecule has 5 nitrogen and oxygen atoms in total. The second-order valence-corrected chi connectivity index (χ2v) is 5.72. The largest absolute Gasteiger partial charge is 0.469 e. The van der Waals surface area contributed by atoms with E-state index in [1.165, 1.54) is 7.11 Å². The zero-order valence-corrected chi connectivity index (χ0v) is 14.0. The Morgan fingerprint density at radius 3 is 2.38 bits per heavy atom. The van der Waals surface area contributed by atoms with Crippen LogP contribution >= 0.6 is 0 Å². The summed E-state index contributed by atoms with van der Waals surface area (Å²) in [5.74, 6) is -0.715. The van der Waals surface area contributed by atoms with Crippen molar-refractivity contribution in [1.29, 1.82) is 0 Å². The first-order valence-electron chi connectivity index (χ1n) is 7.88. The smallest absolute Gasteiger partial charge is 0.310 e. The van der Waals surface area contributed by atoms with Crippen LogP contribution in [0, 0.1) is 5.92 Å². The first kappa shape index (κ1) is 17.7. The predicted molar refractivity (Wildman–Crippen MR) is 91.0 cm³/mol. The lowest BCUT2D eigenvalue weighted by Gasteiger charge is -2.25. The van der Waals surface area contributed by atoms with Crippen molar-refractivity contribution < 1.29 is 14.3 Å². The molecule has 1 amide bonds. The maximum atomic E-state index is 12.7. The van der Waals surface area contributed by atoms with Gasteiger partial charge in [-0.2, -0.15) is 0 Å². The van der Waals surface area contributed by atoms with E-state index in [9.17, 15) is 9.59 Å². The van der Waals surface area contributed by atoms with Gasteiger partial charge in [0.2, 0.25) is 5.91 Å². The van der Waals surface area contributed by atoms with Gasteiger partial charge in [-0.15, -0.1) is 0 Å². The third-order valence-corrected chi connectivity index (χ3v) is 3.77. The predicted octanol–water partition coefficient (Wildman–Crippen LogP) is 2.46. The number of methoxy groups -OCH3 is 1. The minimum atomic E-state index is -0.378. The average molecular weight is 326 g/mol. The molecule has 1 unspecified atom stereocenters. The number of hydrogen-bond donors (Lipinski definition) is 0. The number of amides is 1. The number of carbonyl (C=O) groups is 2. The molecule has 1 aromatic carbocycles. The van der Waals surface area contributed by atoms with Gasteiger partial charge in [0.1, 0.15) is 0 Å². The fourth-order valence-electron chi connectivity index (χ4n) is 2.45. The minimum absolute atomic E-state index is 0.0197. The van der Waals surface area contributed by atoms with E-state index in [1.54, 1.807) is 24.2 Å². The molecule has 0 saturated heterocycles. The highest BCUT2D eigenvalue weighted by atomic mass is 16.5. The quantitative estimate of drug-likeness (QED) is 0.733. The first-order valence-corrected chi connectivity index (χ1v) is 7.88. The lowest BCUT2D eigenvalue weighted by molar-refractivity contribution is -0.146. The molecule has 126 valence electrons.